The van der Waals surface area contributed by atoms with Gasteiger partial charge in [0.25, 0.3) is 0 Å². The van der Waals surface area contributed by atoms with Gasteiger partial charge in [-0.3, -0.25) is 10.1 Å². The second-order valence-electron chi connectivity index (χ2n) is 5.91. The molecule has 0 saturated carbocycles. The largest absolute Gasteiger partial charge is 0.294 e. The van der Waals surface area contributed by atoms with Gasteiger partial charge in [0.1, 0.15) is 5.54 Å². The first kappa shape index (κ1) is 13.2. The van der Waals surface area contributed by atoms with Gasteiger partial charge in [0, 0.05) is 10.0 Å². The van der Waals surface area contributed by atoms with Gasteiger partial charge in [0.15, 0.2) is 5.78 Å². The molecule has 0 amide bonds. The number of fused-ring (bicyclic) bond motifs is 1. The summed E-state index contributed by atoms with van der Waals surface area (Å²) in [6.07, 6.45) is 2.96. The van der Waals surface area contributed by atoms with E-state index >= 15 is 0 Å². The Bertz CT molecular complexity index is 727. The normalized spacial score (nSPS) is 27.3. The number of carbonyl (C=O) groups excluding carboxylic acids is 1. The fourth-order valence-electron chi connectivity index (χ4n) is 3.55. The molecule has 1 N–H and O–H groups in total. The second-order valence-corrected chi connectivity index (χ2v) is 6.76. The highest BCUT2D eigenvalue weighted by atomic mass is 79.9. The molecule has 0 unspecified atom stereocenters. The maximum atomic E-state index is 13.0. The number of aryl methyl sites for hydroxylation is 1. The van der Waals surface area contributed by atoms with E-state index in [2.05, 4.69) is 33.4 Å². The van der Waals surface area contributed by atoms with Crippen LogP contribution in [0.25, 0.3) is 0 Å². The molecule has 1 fully saturated rings. The highest BCUT2D eigenvalue weighted by Gasteiger charge is 2.60. The lowest BCUT2D eigenvalue weighted by atomic mass is 9.89. The Morgan fingerprint density at radius 1 is 1.10 bits per heavy atom. The molecule has 2 aromatic carbocycles. The highest BCUT2D eigenvalue weighted by molar-refractivity contribution is 9.10. The Kier molecular flexibility index (Phi) is 3.02. The summed E-state index contributed by atoms with van der Waals surface area (Å²) in [6, 6.07) is 16.4. The van der Waals surface area contributed by atoms with Gasteiger partial charge < -0.3 is 0 Å². The van der Waals surface area contributed by atoms with Crippen molar-refractivity contribution >= 4 is 21.7 Å². The molecule has 0 bridgehead atoms. The van der Waals surface area contributed by atoms with E-state index in [1.165, 1.54) is 11.1 Å². The molecular weight excluding hydrogens is 326 g/mol. The zero-order chi connectivity index (χ0) is 14.4. The number of Topliss-reactive ketones (excluding diaryl/α,β-unsaturated/α-hetero) is 1. The van der Waals surface area contributed by atoms with Crippen molar-refractivity contribution in [1.29, 1.82) is 0 Å². The minimum Gasteiger partial charge on any atom is -0.294 e. The first-order chi connectivity index (χ1) is 10.2. The van der Waals surface area contributed by atoms with Crippen LogP contribution in [-0.4, -0.2) is 11.3 Å². The minimum atomic E-state index is -0.392. The minimum absolute atomic E-state index is 0.131. The second kappa shape index (κ2) is 4.79. The summed E-state index contributed by atoms with van der Waals surface area (Å²) in [5.74, 6) is 0.261. The molecule has 1 spiro atoms. The standard InChI is InChI=1S/C18H16BrNO/c19-15-10-4-3-9-14(15)16-18(20-16)11-5-7-12-6-1-2-8-13(12)17(18)21/h1-4,6,8-10,16,20H,5,7,11H2/t16-,18+/m1/s1. The number of hydrogen-bond donors (Lipinski definition) is 1. The van der Waals surface area contributed by atoms with Crippen LogP contribution in [0, 0.1) is 0 Å². The summed E-state index contributed by atoms with van der Waals surface area (Å²) in [6.45, 7) is 0. The Morgan fingerprint density at radius 3 is 2.71 bits per heavy atom. The van der Waals surface area contributed by atoms with E-state index in [1.54, 1.807) is 0 Å². The van der Waals surface area contributed by atoms with E-state index in [1.807, 2.05) is 36.4 Å². The predicted octanol–water partition coefficient (Wildman–Crippen LogP) is 4.05. The monoisotopic (exact) mass is 341 g/mol. The lowest BCUT2D eigenvalue weighted by Crippen LogP contribution is -2.27. The van der Waals surface area contributed by atoms with Crippen molar-refractivity contribution in [3.8, 4) is 0 Å². The zero-order valence-corrected chi connectivity index (χ0v) is 13.2. The van der Waals surface area contributed by atoms with Crippen LogP contribution in [-0.2, 0) is 6.42 Å². The van der Waals surface area contributed by atoms with Crippen LogP contribution in [0.2, 0.25) is 0 Å². The van der Waals surface area contributed by atoms with Crippen molar-refractivity contribution in [2.24, 2.45) is 0 Å². The van der Waals surface area contributed by atoms with Gasteiger partial charge in [-0.1, -0.05) is 58.4 Å². The van der Waals surface area contributed by atoms with E-state index < -0.39 is 5.54 Å². The fourth-order valence-corrected chi connectivity index (χ4v) is 4.07. The van der Waals surface area contributed by atoms with Gasteiger partial charge in [0.2, 0.25) is 0 Å². The summed E-state index contributed by atoms with van der Waals surface area (Å²) in [4.78, 5) is 13.0. The molecule has 4 rings (SSSR count). The summed E-state index contributed by atoms with van der Waals surface area (Å²) < 4.78 is 1.07. The Hall–Kier alpha value is -1.45. The molecule has 2 aromatic rings. The number of benzene rings is 2. The molecule has 21 heavy (non-hydrogen) atoms. The SMILES string of the molecule is O=C1c2ccccc2CCC[C@@]12N[C@@H]2c1ccccc1Br. The molecule has 0 aromatic heterocycles. The van der Waals surface area contributed by atoms with Crippen molar-refractivity contribution < 1.29 is 4.79 Å². The Labute approximate surface area is 132 Å². The van der Waals surface area contributed by atoms with Crippen molar-refractivity contribution in [2.75, 3.05) is 0 Å². The summed E-state index contributed by atoms with van der Waals surface area (Å²) >= 11 is 3.61. The van der Waals surface area contributed by atoms with Crippen LogP contribution in [0.4, 0.5) is 0 Å². The topological polar surface area (TPSA) is 39.0 Å². The van der Waals surface area contributed by atoms with E-state index in [9.17, 15) is 4.79 Å². The smallest absolute Gasteiger partial charge is 0.185 e. The van der Waals surface area contributed by atoms with Crippen molar-refractivity contribution in [2.45, 2.75) is 30.8 Å². The Morgan fingerprint density at radius 2 is 1.86 bits per heavy atom. The van der Waals surface area contributed by atoms with Crippen LogP contribution in [0.3, 0.4) is 0 Å². The van der Waals surface area contributed by atoms with Crippen molar-refractivity contribution in [3.05, 3.63) is 69.7 Å². The molecule has 106 valence electrons. The first-order valence-electron chi connectivity index (χ1n) is 7.37. The quantitative estimate of drug-likeness (QED) is 0.794. The maximum absolute atomic E-state index is 13.0. The third kappa shape index (κ3) is 1.99. The molecule has 1 aliphatic heterocycles. The maximum Gasteiger partial charge on any atom is 0.185 e. The third-order valence-electron chi connectivity index (χ3n) is 4.71. The average Bonchev–Trinajstić information content (AvgIpc) is 3.25. The predicted molar refractivity (Wildman–Crippen MR) is 86.5 cm³/mol. The summed E-state index contributed by atoms with van der Waals surface area (Å²) in [5.41, 5.74) is 2.89. The molecule has 2 nitrogen and oxygen atoms in total. The average molecular weight is 342 g/mol. The number of halogens is 1. The van der Waals surface area contributed by atoms with E-state index in [0.29, 0.717) is 0 Å². The molecule has 1 heterocycles. The number of hydrogen-bond acceptors (Lipinski definition) is 2. The number of rotatable bonds is 1. The van der Waals surface area contributed by atoms with Gasteiger partial charge in [-0.15, -0.1) is 0 Å². The molecule has 3 heteroatoms. The van der Waals surface area contributed by atoms with Crippen molar-refractivity contribution in [3.63, 3.8) is 0 Å². The fraction of sp³-hybridized carbons (Fsp3) is 0.278. The molecular formula is C18H16BrNO. The van der Waals surface area contributed by atoms with Crippen LogP contribution in [0.5, 0.6) is 0 Å². The van der Waals surface area contributed by atoms with E-state index in [-0.39, 0.29) is 11.8 Å². The molecule has 1 aliphatic carbocycles. The summed E-state index contributed by atoms with van der Waals surface area (Å²) in [7, 11) is 0. The van der Waals surface area contributed by atoms with Gasteiger partial charge in [-0.05, 0) is 36.5 Å². The van der Waals surface area contributed by atoms with Crippen LogP contribution < -0.4 is 5.32 Å². The van der Waals surface area contributed by atoms with Gasteiger partial charge >= 0.3 is 0 Å². The van der Waals surface area contributed by atoms with E-state index in [0.717, 1.165) is 29.3 Å². The van der Waals surface area contributed by atoms with Crippen LogP contribution >= 0.6 is 15.9 Å². The van der Waals surface area contributed by atoms with Gasteiger partial charge in [-0.25, -0.2) is 0 Å². The molecule has 2 aliphatic rings. The number of ketones is 1. The number of nitrogens with one attached hydrogen (secondary N) is 1. The first-order valence-corrected chi connectivity index (χ1v) is 8.16. The molecule has 1 saturated heterocycles. The van der Waals surface area contributed by atoms with Crippen LogP contribution in [0.1, 0.15) is 40.4 Å². The van der Waals surface area contributed by atoms with Gasteiger partial charge in [-0.2, -0.15) is 0 Å². The zero-order valence-electron chi connectivity index (χ0n) is 11.6. The highest BCUT2D eigenvalue weighted by Crippen LogP contribution is 2.49. The van der Waals surface area contributed by atoms with Crippen LogP contribution in [0.15, 0.2) is 53.0 Å². The lowest BCUT2D eigenvalue weighted by molar-refractivity contribution is 0.0937. The lowest BCUT2D eigenvalue weighted by Gasteiger charge is -2.12. The molecule has 2 atom stereocenters. The molecule has 0 radical (unpaired) electrons. The van der Waals surface area contributed by atoms with Crippen molar-refractivity contribution in [1.82, 2.24) is 5.32 Å². The van der Waals surface area contributed by atoms with E-state index in [4.69, 9.17) is 0 Å². The Balaban J connectivity index is 1.75. The summed E-state index contributed by atoms with van der Waals surface area (Å²) in [5, 5.41) is 3.49. The number of carbonyl (C=O) groups is 1. The van der Waals surface area contributed by atoms with Gasteiger partial charge in [0.05, 0.1) is 6.04 Å². The third-order valence-corrected chi connectivity index (χ3v) is 5.43.